The van der Waals surface area contributed by atoms with Crippen molar-refractivity contribution in [1.82, 2.24) is 15.1 Å². The van der Waals surface area contributed by atoms with Crippen molar-refractivity contribution in [3.8, 4) is 0 Å². The highest BCUT2D eigenvalue weighted by Crippen LogP contribution is 2.54. The van der Waals surface area contributed by atoms with Crippen LogP contribution in [0.5, 0.6) is 0 Å². The third-order valence-electron chi connectivity index (χ3n) is 4.04. The van der Waals surface area contributed by atoms with E-state index in [-0.39, 0.29) is 0 Å². The summed E-state index contributed by atoms with van der Waals surface area (Å²) in [6.07, 6.45) is 3.12. The summed E-state index contributed by atoms with van der Waals surface area (Å²) in [5.41, 5.74) is 2.69. The fourth-order valence-corrected chi connectivity index (χ4v) is 3.58. The van der Waals surface area contributed by atoms with Crippen LogP contribution in [-0.2, 0) is 7.05 Å². The maximum absolute atomic E-state index is 4.32. The smallest absolute Gasteiger partial charge is 0.0695 e. The van der Waals surface area contributed by atoms with Gasteiger partial charge < -0.3 is 5.32 Å². The Bertz CT molecular complexity index is 545. The van der Waals surface area contributed by atoms with Crippen molar-refractivity contribution in [2.24, 2.45) is 13.0 Å². The Balaban J connectivity index is 1.83. The number of halogens is 1. The molecule has 1 fully saturated rings. The molecule has 1 aromatic carbocycles. The quantitative estimate of drug-likeness (QED) is 0.937. The van der Waals surface area contributed by atoms with Crippen LogP contribution >= 0.6 is 15.9 Å². The van der Waals surface area contributed by atoms with Gasteiger partial charge in [-0.1, -0.05) is 30.3 Å². The maximum Gasteiger partial charge on any atom is 0.0695 e. The van der Waals surface area contributed by atoms with Crippen LogP contribution in [0.15, 0.2) is 41.0 Å². The normalized spacial score (nSPS) is 23.3. The van der Waals surface area contributed by atoms with Gasteiger partial charge in [-0.2, -0.15) is 5.10 Å². The topological polar surface area (TPSA) is 29.9 Å². The van der Waals surface area contributed by atoms with Gasteiger partial charge in [0.2, 0.25) is 0 Å². The molecule has 1 N–H and O–H groups in total. The summed E-state index contributed by atoms with van der Waals surface area (Å²) in [7, 11) is 4.04. The van der Waals surface area contributed by atoms with Crippen LogP contribution in [0.3, 0.4) is 0 Å². The highest BCUT2D eigenvalue weighted by molar-refractivity contribution is 9.10. The summed E-state index contributed by atoms with van der Waals surface area (Å²) >= 11 is 3.61. The minimum atomic E-state index is 0.354. The van der Waals surface area contributed by atoms with Crippen molar-refractivity contribution in [2.75, 3.05) is 7.05 Å². The minimum Gasteiger partial charge on any atom is -0.311 e. The number of aromatic nitrogens is 2. The standard InChI is InChI=1S/C15H18BrN3/c1-17-14(15-13(16)9-18-19(15)2)12-8-11(12)10-6-4-3-5-7-10/h3-7,9,11-12,14,17H,8H2,1-2H3. The molecule has 0 aliphatic heterocycles. The molecule has 3 atom stereocenters. The number of hydrogen-bond acceptors (Lipinski definition) is 2. The molecule has 100 valence electrons. The molecule has 1 aromatic heterocycles. The van der Waals surface area contributed by atoms with Gasteiger partial charge in [0.25, 0.3) is 0 Å². The van der Waals surface area contributed by atoms with Gasteiger partial charge in [0.15, 0.2) is 0 Å². The van der Waals surface area contributed by atoms with Gasteiger partial charge in [-0.3, -0.25) is 4.68 Å². The van der Waals surface area contributed by atoms with Crippen molar-refractivity contribution in [3.05, 3.63) is 52.3 Å². The lowest BCUT2D eigenvalue weighted by molar-refractivity contribution is 0.478. The predicted molar refractivity (Wildman–Crippen MR) is 80.0 cm³/mol. The van der Waals surface area contributed by atoms with Crippen LogP contribution in [0.4, 0.5) is 0 Å². The third kappa shape index (κ3) is 2.35. The van der Waals surface area contributed by atoms with Crippen molar-refractivity contribution in [1.29, 1.82) is 0 Å². The van der Waals surface area contributed by atoms with Crippen molar-refractivity contribution in [3.63, 3.8) is 0 Å². The van der Waals surface area contributed by atoms with Crippen LogP contribution < -0.4 is 5.32 Å². The molecule has 1 aliphatic rings. The van der Waals surface area contributed by atoms with E-state index in [1.807, 2.05) is 25.0 Å². The Morgan fingerprint density at radius 3 is 2.68 bits per heavy atom. The molecule has 0 radical (unpaired) electrons. The first-order valence-electron chi connectivity index (χ1n) is 6.62. The fourth-order valence-electron chi connectivity index (χ4n) is 2.99. The van der Waals surface area contributed by atoms with Crippen molar-refractivity contribution < 1.29 is 0 Å². The zero-order valence-electron chi connectivity index (χ0n) is 11.2. The number of nitrogens with zero attached hydrogens (tertiary/aromatic N) is 2. The molecule has 3 nitrogen and oxygen atoms in total. The maximum atomic E-state index is 4.32. The number of hydrogen-bond donors (Lipinski definition) is 1. The summed E-state index contributed by atoms with van der Waals surface area (Å²) in [5.74, 6) is 1.32. The van der Waals surface area contributed by atoms with Gasteiger partial charge in [0.1, 0.15) is 0 Å². The Morgan fingerprint density at radius 2 is 2.11 bits per heavy atom. The number of aryl methyl sites for hydroxylation is 1. The minimum absolute atomic E-state index is 0.354. The SMILES string of the molecule is CNC(c1c(Br)cnn1C)C1CC1c1ccccc1. The molecule has 3 unspecified atom stereocenters. The van der Waals surface area contributed by atoms with E-state index in [0.717, 1.165) is 4.47 Å². The van der Waals surface area contributed by atoms with Gasteiger partial charge in [0.05, 0.1) is 22.4 Å². The molecule has 0 amide bonds. The lowest BCUT2D eigenvalue weighted by Gasteiger charge is -2.17. The zero-order chi connectivity index (χ0) is 13.4. The molecule has 0 bridgehead atoms. The second-order valence-corrected chi connectivity index (χ2v) is 6.04. The Labute approximate surface area is 122 Å². The third-order valence-corrected chi connectivity index (χ3v) is 4.65. The first-order valence-corrected chi connectivity index (χ1v) is 7.41. The first-order chi connectivity index (χ1) is 9.22. The van der Waals surface area contributed by atoms with Gasteiger partial charge >= 0.3 is 0 Å². The van der Waals surface area contributed by atoms with E-state index < -0.39 is 0 Å². The molecule has 0 spiro atoms. The molecule has 1 saturated carbocycles. The summed E-state index contributed by atoms with van der Waals surface area (Å²) < 4.78 is 3.05. The van der Waals surface area contributed by atoms with Crippen LogP contribution in [0.25, 0.3) is 0 Å². The summed E-state index contributed by atoms with van der Waals surface area (Å²) in [4.78, 5) is 0. The van der Waals surface area contributed by atoms with E-state index in [4.69, 9.17) is 0 Å². The Morgan fingerprint density at radius 1 is 1.37 bits per heavy atom. The van der Waals surface area contributed by atoms with E-state index in [1.54, 1.807) is 0 Å². The summed E-state index contributed by atoms with van der Waals surface area (Å²) in [6.45, 7) is 0. The Hall–Kier alpha value is -1.13. The summed E-state index contributed by atoms with van der Waals surface area (Å²) in [5, 5.41) is 7.78. The van der Waals surface area contributed by atoms with E-state index in [0.29, 0.717) is 17.9 Å². The Kier molecular flexibility index (Phi) is 3.46. The van der Waals surface area contributed by atoms with Gasteiger partial charge in [-0.25, -0.2) is 0 Å². The first kappa shape index (κ1) is 12.9. The van der Waals surface area contributed by atoms with E-state index in [2.05, 4.69) is 56.7 Å². The molecule has 2 aromatic rings. The van der Waals surface area contributed by atoms with Crippen LogP contribution in [0.1, 0.15) is 29.6 Å². The molecule has 3 rings (SSSR count). The van der Waals surface area contributed by atoms with Gasteiger partial charge in [-0.15, -0.1) is 0 Å². The molecule has 1 heterocycles. The van der Waals surface area contributed by atoms with Crippen LogP contribution in [0.2, 0.25) is 0 Å². The average Bonchev–Trinajstić information content (AvgIpc) is 3.16. The lowest BCUT2D eigenvalue weighted by atomic mass is 10.0. The number of nitrogens with one attached hydrogen (secondary N) is 1. The van der Waals surface area contributed by atoms with Crippen LogP contribution in [-0.4, -0.2) is 16.8 Å². The highest BCUT2D eigenvalue weighted by Gasteiger charge is 2.45. The number of benzene rings is 1. The molecule has 0 saturated heterocycles. The van der Waals surface area contributed by atoms with Crippen molar-refractivity contribution in [2.45, 2.75) is 18.4 Å². The van der Waals surface area contributed by atoms with E-state index in [1.165, 1.54) is 17.7 Å². The molecular formula is C15H18BrN3. The molecule has 19 heavy (non-hydrogen) atoms. The lowest BCUT2D eigenvalue weighted by Crippen LogP contribution is -2.22. The van der Waals surface area contributed by atoms with Crippen molar-refractivity contribution >= 4 is 15.9 Å². The second kappa shape index (κ2) is 5.10. The average molecular weight is 320 g/mol. The highest BCUT2D eigenvalue weighted by atomic mass is 79.9. The zero-order valence-corrected chi connectivity index (χ0v) is 12.8. The monoisotopic (exact) mass is 319 g/mol. The molecule has 4 heteroatoms. The molecule has 1 aliphatic carbocycles. The van der Waals surface area contributed by atoms with Crippen LogP contribution in [0, 0.1) is 5.92 Å². The number of rotatable bonds is 4. The van der Waals surface area contributed by atoms with E-state index >= 15 is 0 Å². The summed E-state index contributed by atoms with van der Waals surface area (Å²) in [6, 6.07) is 11.1. The second-order valence-electron chi connectivity index (χ2n) is 5.18. The predicted octanol–water partition coefficient (Wildman–Crippen LogP) is 3.25. The largest absolute Gasteiger partial charge is 0.311 e. The molecular weight excluding hydrogens is 302 g/mol. The van der Waals surface area contributed by atoms with Gasteiger partial charge in [0, 0.05) is 7.05 Å². The van der Waals surface area contributed by atoms with E-state index in [9.17, 15) is 0 Å². The fraction of sp³-hybridized carbons (Fsp3) is 0.400. The van der Waals surface area contributed by atoms with Gasteiger partial charge in [-0.05, 0) is 46.8 Å².